The van der Waals surface area contributed by atoms with Crippen LogP contribution in [0.25, 0.3) is 0 Å². The van der Waals surface area contributed by atoms with Crippen molar-refractivity contribution in [2.75, 3.05) is 24.6 Å². The van der Waals surface area contributed by atoms with Gasteiger partial charge in [-0.05, 0) is 71.7 Å². The fraction of sp³-hybridized carbons (Fsp3) is 0.345. The van der Waals surface area contributed by atoms with Crippen molar-refractivity contribution >= 4 is 12.0 Å². The van der Waals surface area contributed by atoms with Crippen molar-refractivity contribution in [3.63, 3.8) is 0 Å². The van der Waals surface area contributed by atoms with Crippen LogP contribution in [-0.2, 0) is 16.0 Å². The van der Waals surface area contributed by atoms with Gasteiger partial charge in [-0.2, -0.15) is 0 Å². The van der Waals surface area contributed by atoms with Gasteiger partial charge in [-0.15, -0.1) is 0 Å². The molecule has 168 valence electrons. The summed E-state index contributed by atoms with van der Waals surface area (Å²) in [6, 6.07) is 25.7. The van der Waals surface area contributed by atoms with Gasteiger partial charge in [0.15, 0.2) is 0 Å². The van der Waals surface area contributed by atoms with Gasteiger partial charge in [0.25, 0.3) is 0 Å². The first-order valence-electron chi connectivity index (χ1n) is 11.9. The number of phenolic OH excluding ortho intramolecular Hbond substituents is 1. The first-order valence-corrected chi connectivity index (χ1v) is 11.9. The zero-order valence-electron chi connectivity index (χ0n) is 18.7. The molecule has 3 atom stereocenters. The number of aromatic hydroxyl groups is 1. The van der Waals surface area contributed by atoms with Crippen LogP contribution in [0.15, 0.2) is 72.8 Å². The predicted molar refractivity (Wildman–Crippen MR) is 129 cm³/mol. The van der Waals surface area contributed by atoms with Gasteiger partial charge in [0.1, 0.15) is 17.6 Å². The van der Waals surface area contributed by atoms with Gasteiger partial charge >= 0.3 is 0 Å². The summed E-state index contributed by atoms with van der Waals surface area (Å²) in [7, 11) is 0. The van der Waals surface area contributed by atoms with Crippen LogP contribution in [0.4, 0.5) is 5.69 Å². The van der Waals surface area contributed by atoms with Crippen LogP contribution >= 0.6 is 0 Å². The molecular weight excluding hydrogens is 410 g/mol. The normalized spacial score (nSPS) is 25.5. The van der Waals surface area contributed by atoms with Gasteiger partial charge in [-0.3, -0.25) is 0 Å². The lowest BCUT2D eigenvalue weighted by Gasteiger charge is -2.48. The molecule has 0 saturated carbocycles. The Balaban J connectivity index is 1.28. The van der Waals surface area contributed by atoms with E-state index in [2.05, 4.69) is 65.6 Å². The summed E-state index contributed by atoms with van der Waals surface area (Å²) in [6.45, 7) is 2.28. The second-order valence-corrected chi connectivity index (χ2v) is 9.96. The summed E-state index contributed by atoms with van der Waals surface area (Å²) in [5.41, 5.74) is 6.34. The van der Waals surface area contributed by atoms with E-state index in [0.29, 0.717) is 18.3 Å². The molecule has 6 rings (SSSR count). The molecule has 2 aliphatic heterocycles. The quantitative estimate of drug-likeness (QED) is 0.578. The molecule has 0 bridgehead atoms. The topological polar surface area (TPSA) is 49.8 Å². The largest absolute Gasteiger partial charge is 0.508 e. The number of ether oxygens (including phenoxy) is 1. The third kappa shape index (κ3) is 3.63. The maximum absolute atomic E-state index is 11.1. The minimum absolute atomic E-state index is 0.0512. The monoisotopic (exact) mass is 439 g/mol. The van der Waals surface area contributed by atoms with E-state index in [1.165, 1.54) is 27.9 Å². The molecule has 0 radical (unpaired) electrons. The van der Waals surface area contributed by atoms with E-state index in [1.54, 1.807) is 0 Å². The standard InChI is InChI=1S/C29H29NO3/c31-16-20-15-29(33-17-20)18-30(19-29)24-9-6-22(7-10-24)28-26(21-4-2-1-3-5-21)12-8-23-14-25(32)11-13-27(23)28/h1-7,9-11,13-14,16,20,26,28,32H,8,12,15,17-19H2/t20-,26+,28-/m0/s1. The average molecular weight is 440 g/mol. The number of fused-ring (bicyclic) bond motifs is 1. The van der Waals surface area contributed by atoms with Crippen LogP contribution < -0.4 is 4.90 Å². The third-order valence-electron chi connectivity index (χ3n) is 7.82. The van der Waals surface area contributed by atoms with Crippen molar-refractivity contribution in [1.29, 1.82) is 0 Å². The first-order chi connectivity index (χ1) is 16.1. The molecule has 3 aliphatic rings. The summed E-state index contributed by atoms with van der Waals surface area (Å²) >= 11 is 0. The average Bonchev–Trinajstić information content (AvgIpc) is 3.28. The van der Waals surface area contributed by atoms with E-state index in [9.17, 15) is 9.90 Å². The highest BCUT2D eigenvalue weighted by Crippen LogP contribution is 2.47. The van der Waals surface area contributed by atoms with E-state index in [0.717, 1.165) is 38.6 Å². The highest BCUT2D eigenvalue weighted by Gasteiger charge is 2.49. The van der Waals surface area contributed by atoms with Crippen molar-refractivity contribution in [3.8, 4) is 5.75 Å². The SMILES string of the molecule is O=C[C@H]1COC2(C1)CN(c1ccc([C@@H]3c4ccc(O)cc4CC[C@@H]3c3ccccc3)cc1)C2. The molecule has 4 heteroatoms. The van der Waals surface area contributed by atoms with Gasteiger partial charge in [0, 0.05) is 30.6 Å². The van der Waals surface area contributed by atoms with Crippen LogP contribution in [0.3, 0.4) is 0 Å². The fourth-order valence-corrected chi connectivity index (χ4v) is 6.19. The van der Waals surface area contributed by atoms with Crippen LogP contribution in [0.2, 0.25) is 0 Å². The summed E-state index contributed by atoms with van der Waals surface area (Å²) in [5.74, 6) is 1.07. The molecule has 0 unspecified atom stereocenters. The van der Waals surface area contributed by atoms with E-state index >= 15 is 0 Å². The molecule has 3 aromatic carbocycles. The van der Waals surface area contributed by atoms with Crippen LogP contribution in [-0.4, -0.2) is 36.7 Å². The molecule has 3 aromatic rings. The minimum Gasteiger partial charge on any atom is -0.508 e. The van der Waals surface area contributed by atoms with E-state index in [-0.39, 0.29) is 17.4 Å². The molecule has 0 aromatic heterocycles. The summed E-state index contributed by atoms with van der Waals surface area (Å²) in [4.78, 5) is 13.4. The smallest absolute Gasteiger partial charge is 0.125 e. The lowest BCUT2D eigenvalue weighted by molar-refractivity contribution is -0.111. The van der Waals surface area contributed by atoms with Crippen molar-refractivity contribution in [3.05, 3.63) is 95.1 Å². The van der Waals surface area contributed by atoms with Crippen LogP contribution in [0, 0.1) is 5.92 Å². The third-order valence-corrected chi connectivity index (χ3v) is 7.82. The Bertz CT molecular complexity index is 1150. The molecule has 1 aliphatic carbocycles. The van der Waals surface area contributed by atoms with Gasteiger partial charge in [-0.1, -0.05) is 48.5 Å². The highest BCUT2D eigenvalue weighted by molar-refractivity contribution is 5.57. The molecule has 2 saturated heterocycles. The Kier molecular flexibility index (Phi) is 4.99. The number of aldehydes is 1. The number of phenols is 1. The molecule has 1 spiro atoms. The molecule has 2 fully saturated rings. The van der Waals surface area contributed by atoms with E-state index in [1.807, 2.05) is 12.1 Å². The summed E-state index contributed by atoms with van der Waals surface area (Å²) < 4.78 is 5.97. The second-order valence-electron chi connectivity index (χ2n) is 9.96. The highest BCUT2D eigenvalue weighted by atomic mass is 16.5. The fourth-order valence-electron chi connectivity index (χ4n) is 6.19. The maximum atomic E-state index is 11.1. The van der Waals surface area contributed by atoms with Crippen molar-refractivity contribution < 1.29 is 14.6 Å². The van der Waals surface area contributed by atoms with E-state index < -0.39 is 0 Å². The van der Waals surface area contributed by atoms with Gasteiger partial charge in [0.2, 0.25) is 0 Å². The molecule has 2 heterocycles. The molecule has 1 N–H and O–H groups in total. The minimum atomic E-state index is -0.132. The number of anilines is 1. The van der Waals surface area contributed by atoms with Gasteiger partial charge in [-0.25, -0.2) is 0 Å². The van der Waals surface area contributed by atoms with E-state index in [4.69, 9.17) is 4.74 Å². The predicted octanol–water partition coefficient (Wildman–Crippen LogP) is 5.05. The van der Waals surface area contributed by atoms with Gasteiger partial charge in [0.05, 0.1) is 6.61 Å². The van der Waals surface area contributed by atoms with Gasteiger partial charge < -0.3 is 19.5 Å². The summed E-state index contributed by atoms with van der Waals surface area (Å²) in [5, 5.41) is 10.0. The Morgan fingerprint density at radius 3 is 2.48 bits per heavy atom. The number of aryl methyl sites for hydroxylation is 1. The number of benzene rings is 3. The number of rotatable bonds is 4. The second kappa shape index (κ2) is 8.03. The van der Waals surface area contributed by atoms with Crippen molar-refractivity contribution in [2.24, 2.45) is 5.92 Å². The molecule has 4 nitrogen and oxygen atoms in total. The number of carbonyl (C=O) groups excluding carboxylic acids is 1. The maximum Gasteiger partial charge on any atom is 0.125 e. The lowest BCUT2D eigenvalue weighted by Crippen LogP contribution is -2.61. The Hall–Kier alpha value is -3.11. The van der Waals surface area contributed by atoms with Crippen molar-refractivity contribution in [2.45, 2.75) is 36.7 Å². The number of hydrogen-bond donors (Lipinski definition) is 1. The Morgan fingerprint density at radius 1 is 0.970 bits per heavy atom. The zero-order valence-corrected chi connectivity index (χ0v) is 18.7. The Morgan fingerprint density at radius 2 is 1.76 bits per heavy atom. The molecule has 33 heavy (non-hydrogen) atoms. The zero-order chi connectivity index (χ0) is 22.4. The summed E-state index contributed by atoms with van der Waals surface area (Å²) in [6.07, 6.45) is 3.93. The number of carbonyl (C=O) groups is 1. The molecular formula is C29H29NO3. The molecule has 0 amide bonds. The van der Waals surface area contributed by atoms with Crippen LogP contribution in [0.5, 0.6) is 5.75 Å². The number of hydrogen-bond acceptors (Lipinski definition) is 4. The van der Waals surface area contributed by atoms with Crippen LogP contribution in [0.1, 0.15) is 46.9 Å². The number of nitrogens with zero attached hydrogens (tertiary/aromatic N) is 1. The Labute approximate surface area is 194 Å². The van der Waals surface area contributed by atoms with Crippen molar-refractivity contribution in [1.82, 2.24) is 0 Å². The first kappa shape index (κ1) is 20.5. The lowest BCUT2D eigenvalue weighted by atomic mass is 9.69.